The number of ketones is 1. The maximum Gasteiger partial charge on any atom is 0.305 e. The van der Waals surface area contributed by atoms with Gasteiger partial charge in [-0.15, -0.1) is 0 Å². The fourth-order valence-electron chi connectivity index (χ4n) is 4.82. The van der Waals surface area contributed by atoms with Gasteiger partial charge in [0.25, 0.3) is 0 Å². The van der Waals surface area contributed by atoms with Crippen LogP contribution in [0.4, 0.5) is 5.82 Å². The van der Waals surface area contributed by atoms with Gasteiger partial charge in [-0.25, -0.2) is 9.55 Å². The number of fused-ring (bicyclic) bond motifs is 1. The number of hydrogen-bond donors (Lipinski definition) is 1. The Kier molecular flexibility index (Phi) is 5.04. The lowest BCUT2D eigenvalue weighted by atomic mass is 9.70. The van der Waals surface area contributed by atoms with E-state index < -0.39 is 0 Å². The summed E-state index contributed by atoms with van der Waals surface area (Å²) in [5.41, 5.74) is 9.11. The molecule has 1 aliphatic carbocycles. The molecule has 2 N–H and O–H groups in total. The number of anilines is 1. The molecular weight excluding hydrogens is 402 g/mol. The van der Waals surface area contributed by atoms with Gasteiger partial charge in [0, 0.05) is 37.4 Å². The van der Waals surface area contributed by atoms with Crippen LogP contribution < -0.4 is 15.0 Å². The average molecular weight is 431 g/mol. The van der Waals surface area contributed by atoms with E-state index in [-0.39, 0.29) is 17.1 Å². The lowest BCUT2D eigenvalue weighted by Gasteiger charge is -2.37. The highest BCUT2D eigenvalue weighted by molar-refractivity contribution is 6.00. The number of aryl methyl sites for hydroxylation is 2. The summed E-state index contributed by atoms with van der Waals surface area (Å²) in [6.07, 6.45) is 9.36. The largest absolute Gasteiger partial charge is 0.430 e. The quantitative estimate of drug-likeness (QED) is 0.627. The Hall–Kier alpha value is -3.48. The number of carbonyl (C=O) groups is 1. The van der Waals surface area contributed by atoms with Crippen molar-refractivity contribution in [1.29, 1.82) is 0 Å². The first-order valence-corrected chi connectivity index (χ1v) is 11.1. The number of nitrogens with two attached hydrogens (primary N) is 1. The molecular formula is C25H28N5O2+. The summed E-state index contributed by atoms with van der Waals surface area (Å²) in [6.45, 7) is 5.75. The molecule has 0 radical (unpaired) electrons. The van der Waals surface area contributed by atoms with Crippen molar-refractivity contribution in [2.45, 2.75) is 52.1 Å². The number of imidazole rings is 1. The fraction of sp³-hybridized carbons (Fsp3) is 0.360. The van der Waals surface area contributed by atoms with Crippen LogP contribution in [0.25, 0.3) is 0 Å². The number of allylic oxidation sites excluding steroid dienone is 2. The van der Waals surface area contributed by atoms with Gasteiger partial charge in [-0.3, -0.25) is 4.79 Å². The van der Waals surface area contributed by atoms with Crippen LogP contribution in [0.3, 0.4) is 0 Å². The minimum atomic E-state index is -0.271. The molecule has 1 aromatic carbocycles. The first-order valence-electron chi connectivity index (χ1n) is 11.1. The molecule has 0 saturated carbocycles. The Morgan fingerprint density at radius 3 is 2.81 bits per heavy atom. The van der Waals surface area contributed by atoms with E-state index in [1.54, 1.807) is 12.5 Å². The summed E-state index contributed by atoms with van der Waals surface area (Å²) in [4.78, 5) is 22.0. The number of aromatic nitrogens is 4. The monoisotopic (exact) mass is 430 g/mol. The number of hydrogen-bond acceptors (Lipinski definition) is 5. The van der Waals surface area contributed by atoms with Crippen LogP contribution in [-0.4, -0.2) is 20.3 Å². The molecule has 0 fully saturated rings. The Balaban J connectivity index is 1.55. The lowest BCUT2D eigenvalue weighted by molar-refractivity contribution is -0.686. The molecule has 0 amide bonds. The third-order valence-corrected chi connectivity index (χ3v) is 6.31. The van der Waals surface area contributed by atoms with Gasteiger partial charge in [-0.2, -0.15) is 0 Å². The fourth-order valence-corrected chi connectivity index (χ4v) is 4.82. The number of Topliss-reactive ketones (excluding diaryl/α,β-unsaturated/α-hetero) is 1. The van der Waals surface area contributed by atoms with Gasteiger partial charge in [0.2, 0.25) is 12.1 Å². The van der Waals surface area contributed by atoms with Crippen molar-refractivity contribution in [3.63, 3.8) is 0 Å². The second-order valence-electron chi connectivity index (χ2n) is 9.42. The summed E-state index contributed by atoms with van der Waals surface area (Å²) in [7, 11) is 0. The Morgan fingerprint density at radius 2 is 2.06 bits per heavy atom. The van der Waals surface area contributed by atoms with Crippen molar-refractivity contribution in [1.82, 2.24) is 14.5 Å². The molecule has 7 nitrogen and oxygen atoms in total. The van der Waals surface area contributed by atoms with Gasteiger partial charge < -0.3 is 15.0 Å². The molecule has 7 heteroatoms. The van der Waals surface area contributed by atoms with Gasteiger partial charge in [0.15, 0.2) is 5.78 Å². The van der Waals surface area contributed by atoms with E-state index in [9.17, 15) is 4.79 Å². The number of rotatable bonds is 5. The highest BCUT2D eigenvalue weighted by atomic mass is 16.5. The first-order chi connectivity index (χ1) is 15.4. The van der Waals surface area contributed by atoms with Crippen LogP contribution in [-0.2, 0) is 17.9 Å². The predicted molar refractivity (Wildman–Crippen MR) is 120 cm³/mol. The summed E-state index contributed by atoms with van der Waals surface area (Å²) in [5.74, 6) is 1.69. The van der Waals surface area contributed by atoms with Gasteiger partial charge in [-0.1, -0.05) is 49.2 Å². The Labute approximate surface area is 187 Å². The van der Waals surface area contributed by atoms with E-state index >= 15 is 0 Å². The number of nitrogens with zero attached hydrogens (tertiary/aromatic N) is 4. The Bertz CT molecular complexity index is 1180. The molecule has 5 rings (SSSR count). The number of nitrogen functional groups attached to an aromatic ring is 1. The van der Waals surface area contributed by atoms with Gasteiger partial charge in [0.1, 0.15) is 11.3 Å². The van der Waals surface area contributed by atoms with Crippen molar-refractivity contribution < 1.29 is 14.1 Å². The zero-order valence-corrected chi connectivity index (χ0v) is 18.5. The van der Waals surface area contributed by atoms with Crippen molar-refractivity contribution in [2.24, 2.45) is 5.41 Å². The third-order valence-electron chi connectivity index (χ3n) is 6.31. The van der Waals surface area contributed by atoms with Crippen molar-refractivity contribution in [3.05, 3.63) is 77.8 Å². The van der Waals surface area contributed by atoms with Crippen molar-refractivity contribution in [3.8, 4) is 5.88 Å². The molecule has 32 heavy (non-hydrogen) atoms. The number of ether oxygens (including phenoxy) is 1. The van der Waals surface area contributed by atoms with Crippen molar-refractivity contribution in [2.75, 3.05) is 5.73 Å². The smallest absolute Gasteiger partial charge is 0.305 e. The average Bonchev–Trinajstić information content (AvgIpc) is 3.27. The second-order valence-corrected chi connectivity index (χ2v) is 9.42. The molecule has 2 aliphatic rings. The summed E-state index contributed by atoms with van der Waals surface area (Å²) in [5, 5.41) is 0. The van der Waals surface area contributed by atoms with Crippen molar-refractivity contribution >= 4 is 11.6 Å². The minimum Gasteiger partial charge on any atom is -0.430 e. The lowest BCUT2D eigenvalue weighted by Crippen LogP contribution is -2.41. The molecule has 1 aliphatic heterocycles. The van der Waals surface area contributed by atoms with Crippen LogP contribution >= 0.6 is 0 Å². The van der Waals surface area contributed by atoms with Gasteiger partial charge >= 0.3 is 5.88 Å². The highest BCUT2D eigenvalue weighted by Gasteiger charge is 2.45. The maximum absolute atomic E-state index is 13.3. The van der Waals surface area contributed by atoms with E-state index in [0.29, 0.717) is 31.1 Å². The number of carbonyl (C=O) groups excluding carboxylic acids is 1. The van der Waals surface area contributed by atoms with E-state index in [4.69, 9.17) is 10.5 Å². The first kappa shape index (κ1) is 20.4. The molecule has 3 heterocycles. The Morgan fingerprint density at radius 1 is 1.25 bits per heavy atom. The molecule has 0 saturated heterocycles. The maximum atomic E-state index is 13.3. The third kappa shape index (κ3) is 3.68. The molecule has 2 aromatic heterocycles. The van der Waals surface area contributed by atoms with E-state index in [1.165, 1.54) is 0 Å². The number of benzene rings is 1. The standard InChI is InChI=1S/C25H27N5O2/c1-25(2)13-18(31)21-19(14-25)32-24-22(20(21)17-7-4-3-5-8-17)23(26)30(16-28-24)11-6-10-29-12-9-27-15-29/h3-5,7-9,12,15-16,20,26H,6,10-11,13-14H2,1-2H3/p+1/t20-/m0/s1. The molecule has 0 spiro atoms. The minimum absolute atomic E-state index is 0.130. The predicted octanol–water partition coefficient (Wildman–Crippen LogP) is 3.41. The van der Waals surface area contributed by atoms with E-state index in [0.717, 1.165) is 35.4 Å². The van der Waals surface area contributed by atoms with E-state index in [1.807, 2.05) is 52.0 Å². The highest BCUT2D eigenvalue weighted by Crippen LogP contribution is 2.50. The van der Waals surface area contributed by atoms with Crippen LogP contribution in [0.2, 0.25) is 0 Å². The second kappa shape index (κ2) is 7.89. The van der Waals surface area contributed by atoms with Crippen LogP contribution in [0.15, 0.2) is 66.7 Å². The topological polar surface area (TPSA) is 86.9 Å². The van der Waals surface area contributed by atoms with E-state index in [2.05, 4.69) is 23.8 Å². The van der Waals surface area contributed by atoms with Crippen LogP contribution in [0.1, 0.15) is 50.2 Å². The van der Waals surface area contributed by atoms with Gasteiger partial charge in [-0.05, 0) is 17.4 Å². The summed E-state index contributed by atoms with van der Waals surface area (Å²) < 4.78 is 10.2. The van der Waals surface area contributed by atoms with Crippen LogP contribution in [0.5, 0.6) is 5.88 Å². The summed E-state index contributed by atoms with van der Waals surface area (Å²) in [6, 6.07) is 10.1. The molecule has 164 valence electrons. The molecule has 3 aromatic rings. The summed E-state index contributed by atoms with van der Waals surface area (Å²) >= 11 is 0. The zero-order valence-electron chi connectivity index (χ0n) is 18.5. The molecule has 0 unspecified atom stereocenters. The van der Waals surface area contributed by atoms with Crippen LogP contribution in [0, 0.1) is 5.41 Å². The zero-order chi connectivity index (χ0) is 22.3. The molecule has 0 bridgehead atoms. The molecule has 1 atom stereocenters. The normalized spacial score (nSPS) is 19.3. The van der Waals surface area contributed by atoms with Gasteiger partial charge in [0.05, 0.1) is 18.8 Å². The SMILES string of the molecule is CC1(C)CC(=O)C2=C(C1)Oc1nc[n+](CCCn3ccnc3)c(N)c1[C@H]2c1ccccc1.